The lowest BCUT2D eigenvalue weighted by atomic mass is 10.0. The number of carbonyl (C=O) groups excluding carboxylic acids is 1. The lowest BCUT2D eigenvalue weighted by molar-refractivity contribution is 0.0981. The van der Waals surface area contributed by atoms with Crippen LogP contribution in [0, 0.1) is 5.82 Å². The summed E-state index contributed by atoms with van der Waals surface area (Å²) in [6.45, 7) is 0.485. The molecule has 0 saturated carbocycles. The molecule has 0 amide bonds. The van der Waals surface area contributed by atoms with Crippen molar-refractivity contribution in [2.75, 3.05) is 11.0 Å². The average molecular weight is 200 g/mol. The number of Topliss-reactive ketones (excluding diaryl/α,β-unsaturated/α-hetero) is 1. The van der Waals surface area contributed by atoms with Gasteiger partial charge in [-0.2, -0.15) is 0 Å². The molecule has 0 unspecified atom stereocenters. The lowest BCUT2D eigenvalue weighted by Gasteiger charge is -2.23. The zero-order chi connectivity index (χ0) is 9.42. The molecule has 4 heteroatoms. The number of anilines is 1. The minimum Gasteiger partial charge on any atom is -0.294 e. The third kappa shape index (κ3) is 1.40. The number of fused-ring (bicyclic) bond motifs is 1. The summed E-state index contributed by atoms with van der Waals surface area (Å²) in [5.74, 6) is -0.453. The molecule has 0 bridgehead atoms. The van der Waals surface area contributed by atoms with Gasteiger partial charge in [0.2, 0.25) is 0 Å². The fourth-order valence-electron chi connectivity index (χ4n) is 1.40. The molecule has 0 N–H and O–H groups in total. The highest BCUT2D eigenvalue weighted by atomic mass is 35.5. The number of nitrogens with zero attached hydrogens (tertiary/aromatic N) is 1. The van der Waals surface area contributed by atoms with Gasteiger partial charge in [0, 0.05) is 30.3 Å². The van der Waals surface area contributed by atoms with Gasteiger partial charge in [-0.3, -0.25) is 9.21 Å². The molecule has 0 fully saturated rings. The maximum atomic E-state index is 12.8. The SMILES string of the molecule is O=C1CCN(Cl)c2ccc(F)cc21. The van der Waals surface area contributed by atoms with Gasteiger partial charge in [-0.1, -0.05) is 0 Å². The Labute approximate surface area is 80.0 Å². The van der Waals surface area contributed by atoms with E-state index < -0.39 is 5.82 Å². The molecule has 0 saturated heterocycles. The summed E-state index contributed by atoms with van der Waals surface area (Å²) in [4.78, 5) is 11.3. The van der Waals surface area contributed by atoms with Crippen LogP contribution in [-0.2, 0) is 0 Å². The fourth-order valence-corrected chi connectivity index (χ4v) is 1.63. The minimum absolute atomic E-state index is 0.0496. The Morgan fingerprint density at radius 1 is 1.46 bits per heavy atom. The number of halogens is 2. The Morgan fingerprint density at radius 3 is 3.00 bits per heavy atom. The van der Waals surface area contributed by atoms with Gasteiger partial charge in [-0.05, 0) is 18.2 Å². The second-order valence-electron chi connectivity index (χ2n) is 2.92. The Hall–Kier alpha value is -1.09. The van der Waals surface area contributed by atoms with E-state index in [0.29, 0.717) is 24.2 Å². The molecule has 1 aromatic carbocycles. The number of ketones is 1. The summed E-state index contributed by atoms with van der Waals surface area (Å²) in [6, 6.07) is 4.05. The summed E-state index contributed by atoms with van der Waals surface area (Å²) >= 11 is 5.82. The Morgan fingerprint density at radius 2 is 2.23 bits per heavy atom. The summed E-state index contributed by atoms with van der Waals surface area (Å²) in [6.07, 6.45) is 0.347. The molecule has 1 aromatic rings. The van der Waals surface area contributed by atoms with E-state index >= 15 is 0 Å². The molecule has 0 aromatic heterocycles. The van der Waals surface area contributed by atoms with E-state index in [1.54, 1.807) is 0 Å². The van der Waals surface area contributed by atoms with Crippen molar-refractivity contribution >= 4 is 23.2 Å². The highest BCUT2D eigenvalue weighted by Gasteiger charge is 2.22. The molecule has 0 atom stereocenters. The number of benzene rings is 1. The zero-order valence-electron chi connectivity index (χ0n) is 6.76. The number of hydrogen-bond acceptors (Lipinski definition) is 2. The van der Waals surface area contributed by atoms with Crippen molar-refractivity contribution in [3.63, 3.8) is 0 Å². The summed E-state index contributed by atoms with van der Waals surface area (Å²) in [7, 11) is 0. The second-order valence-corrected chi connectivity index (χ2v) is 3.33. The molecule has 2 rings (SSSR count). The van der Waals surface area contributed by atoms with Gasteiger partial charge in [0.25, 0.3) is 0 Å². The highest BCUT2D eigenvalue weighted by Crippen LogP contribution is 2.28. The molecule has 13 heavy (non-hydrogen) atoms. The second kappa shape index (κ2) is 3.00. The van der Waals surface area contributed by atoms with Crippen LogP contribution < -0.4 is 4.42 Å². The van der Waals surface area contributed by atoms with Crippen LogP contribution in [0.15, 0.2) is 18.2 Å². The Kier molecular flexibility index (Phi) is 1.96. The maximum Gasteiger partial charge on any atom is 0.166 e. The van der Waals surface area contributed by atoms with Crippen molar-refractivity contribution in [2.45, 2.75) is 6.42 Å². The number of rotatable bonds is 0. The molecule has 68 valence electrons. The first-order valence-electron chi connectivity index (χ1n) is 3.94. The molecule has 1 heterocycles. The van der Waals surface area contributed by atoms with Gasteiger partial charge in [-0.15, -0.1) is 0 Å². The Bertz CT molecular complexity index is 367. The minimum atomic E-state index is -0.404. The lowest BCUT2D eigenvalue weighted by Crippen LogP contribution is -2.24. The predicted octanol–water partition coefficient (Wildman–Crippen LogP) is 2.37. The van der Waals surface area contributed by atoms with Crippen molar-refractivity contribution in [2.24, 2.45) is 0 Å². The summed E-state index contributed by atoms with van der Waals surface area (Å²) < 4.78 is 14.2. The van der Waals surface area contributed by atoms with Crippen LogP contribution >= 0.6 is 11.8 Å². The van der Waals surface area contributed by atoms with E-state index in [9.17, 15) is 9.18 Å². The van der Waals surface area contributed by atoms with Crippen molar-refractivity contribution in [1.82, 2.24) is 0 Å². The summed E-state index contributed by atoms with van der Waals surface area (Å²) in [5.41, 5.74) is 0.973. The standard InChI is InChI=1S/C9H7ClFNO/c10-12-4-3-9(13)7-5-6(11)1-2-8(7)12/h1-2,5H,3-4H2. The van der Waals surface area contributed by atoms with Crippen LogP contribution in [0.3, 0.4) is 0 Å². The van der Waals surface area contributed by atoms with Gasteiger partial charge in [-0.25, -0.2) is 4.39 Å². The first-order chi connectivity index (χ1) is 6.18. The van der Waals surface area contributed by atoms with Gasteiger partial charge in [0.05, 0.1) is 5.69 Å². The normalized spacial score (nSPS) is 15.8. The molecule has 1 aliphatic heterocycles. The maximum absolute atomic E-state index is 12.8. The molecule has 2 nitrogen and oxygen atoms in total. The molecule has 1 aliphatic rings. The monoisotopic (exact) mass is 199 g/mol. The van der Waals surface area contributed by atoms with E-state index in [0.717, 1.165) is 0 Å². The van der Waals surface area contributed by atoms with Crippen LogP contribution in [0.25, 0.3) is 0 Å². The van der Waals surface area contributed by atoms with Gasteiger partial charge in [0.15, 0.2) is 5.78 Å². The first-order valence-corrected chi connectivity index (χ1v) is 4.28. The van der Waals surface area contributed by atoms with Crippen molar-refractivity contribution in [1.29, 1.82) is 0 Å². The zero-order valence-corrected chi connectivity index (χ0v) is 7.51. The topological polar surface area (TPSA) is 20.3 Å². The molecular weight excluding hydrogens is 193 g/mol. The van der Waals surface area contributed by atoms with E-state index in [4.69, 9.17) is 11.8 Å². The number of hydrogen-bond donors (Lipinski definition) is 0. The van der Waals surface area contributed by atoms with Gasteiger partial charge in [0.1, 0.15) is 5.82 Å². The van der Waals surface area contributed by atoms with Crippen LogP contribution in [-0.4, -0.2) is 12.3 Å². The van der Waals surface area contributed by atoms with E-state index in [1.807, 2.05) is 0 Å². The summed E-state index contributed by atoms with van der Waals surface area (Å²) in [5, 5.41) is 0. The van der Waals surface area contributed by atoms with Gasteiger partial charge < -0.3 is 0 Å². The first kappa shape index (κ1) is 8.51. The van der Waals surface area contributed by atoms with Gasteiger partial charge >= 0.3 is 0 Å². The van der Waals surface area contributed by atoms with Crippen molar-refractivity contribution < 1.29 is 9.18 Å². The molecule has 0 spiro atoms. The van der Waals surface area contributed by atoms with Crippen LogP contribution in [0.4, 0.5) is 10.1 Å². The van der Waals surface area contributed by atoms with Crippen LogP contribution in [0.1, 0.15) is 16.8 Å². The molecule has 0 radical (unpaired) electrons. The van der Waals surface area contributed by atoms with Crippen molar-refractivity contribution in [3.05, 3.63) is 29.6 Å². The van der Waals surface area contributed by atoms with Crippen molar-refractivity contribution in [3.8, 4) is 0 Å². The molecule has 0 aliphatic carbocycles. The quantitative estimate of drug-likeness (QED) is 0.598. The van der Waals surface area contributed by atoms with E-state index in [2.05, 4.69) is 0 Å². The number of carbonyl (C=O) groups is 1. The average Bonchev–Trinajstić information content (AvgIpc) is 2.12. The van der Waals surface area contributed by atoms with Crippen LogP contribution in [0.2, 0.25) is 0 Å². The highest BCUT2D eigenvalue weighted by molar-refractivity contribution is 6.28. The Balaban J connectivity index is 2.57. The molecular formula is C9H7ClFNO. The van der Waals surface area contributed by atoms with Crippen LogP contribution in [0.5, 0.6) is 0 Å². The third-order valence-electron chi connectivity index (χ3n) is 2.06. The fraction of sp³-hybridized carbons (Fsp3) is 0.222. The smallest absolute Gasteiger partial charge is 0.166 e. The van der Waals surface area contributed by atoms with E-state index in [1.165, 1.54) is 22.6 Å². The largest absolute Gasteiger partial charge is 0.294 e. The third-order valence-corrected chi connectivity index (χ3v) is 2.41. The predicted molar refractivity (Wildman–Crippen MR) is 48.5 cm³/mol. The van der Waals surface area contributed by atoms with E-state index in [-0.39, 0.29) is 5.78 Å².